The van der Waals surface area contributed by atoms with Crippen LogP contribution in [0, 0.1) is 0 Å². The summed E-state index contributed by atoms with van der Waals surface area (Å²) < 4.78 is 40.5. The Morgan fingerprint density at radius 3 is 2.52 bits per heavy atom. The highest BCUT2D eigenvalue weighted by atomic mass is 32.2. The number of benzene rings is 2. The van der Waals surface area contributed by atoms with E-state index in [0.29, 0.717) is 18.4 Å². The first-order valence-corrected chi connectivity index (χ1v) is 11.3. The molecule has 0 unspecified atom stereocenters. The van der Waals surface area contributed by atoms with Gasteiger partial charge in [0.05, 0.1) is 12.0 Å². The second-order valence-corrected chi connectivity index (χ2v) is 9.30. The van der Waals surface area contributed by atoms with Gasteiger partial charge in [0.2, 0.25) is 5.69 Å². The van der Waals surface area contributed by atoms with E-state index in [-0.39, 0.29) is 16.3 Å². The summed E-state index contributed by atoms with van der Waals surface area (Å²) >= 11 is 0. The van der Waals surface area contributed by atoms with Gasteiger partial charge >= 0.3 is 5.97 Å². The molecular formula is C22H28NO5S+. The first kappa shape index (κ1) is 21.5. The van der Waals surface area contributed by atoms with Crippen LogP contribution in [0.2, 0.25) is 0 Å². The molecule has 7 heteroatoms. The van der Waals surface area contributed by atoms with E-state index in [9.17, 15) is 17.8 Å². The summed E-state index contributed by atoms with van der Waals surface area (Å²) in [4.78, 5) is 11.5. The fourth-order valence-electron chi connectivity index (χ4n) is 4.18. The molecule has 0 amide bonds. The number of carbonyl (C=O) groups excluding carboxylic acids is 1. The van der Waals surface area contributed by atoms with Gasteiger partial charge in [-0.1, -0.05) is 12.1 Å². The van der Waals surface area contributed by atoms with Gasteiger partial charge < -0.3 is 4.74 Å². The Labute approximate surface area is 171 Å². The van der Waals surface area contributed by atoms with Crippen LogP contribution in [0.15, 0.2) is 35.2 Å². The number of unbranched alkanes of at least 4 members (excludes halogenated alkanes) is 1. The highest BCUT2D eigenvalue weighted by Crippen LogP contribution is 2.44. The largest absolute Gasteiger partial charge is 0.466 e. The number of esters is 1. The molecule has 0 atom stereocenters. The molecule has 6 nitrogen and oxygen atoms in total. The van der Waals surface area contributed by atoms with Crippen LogP contribution in [0.5, 0.6) is 0 Å². The molecule has 156 valence electrons. The van der Waals surface area contributed by atoms with Crippen molar-refractivity contribution in [2.75, 3.05) is 13.2 Å². The second-order valence-electron chi connectivity index (χ2n) is 7.91. The lowest BCUT2D eigenvalue weighted by molar-refractivity contribution is -0.439. The monoisotopic (exact) mass is 418 g/mol. The van der Waals surface area contributed by atoms with Crippen LogP contribution in [0.1, 0.15) is 52.5 Å². The zero-order valence-corrected chi connectivity index (χ0v) is 18.2. The average Bonchev–Trinajstić information content (AvgIpc) is 2.84. The number of hydrogen-bond acceptors (Lipinski definition) is 4. The molecule has 0 spiro atoms. The lowest BCUT2D eigenvalue weighted by Crippen LogP contribution is -2.27. The number of fused-ring (bicyclic) bond motifs is 3. The maximum atomic E-state index is 11.8. The number of nitrogens with zero attached hydrogens (tertiary/aromatic N) is 1. The van der Waals surface area contributed by atoms with Crippen molar-refractivity contribution in [2.45, 2.75) is 57.3 Å². The van der Waals surface area contributed by atoms with E-state index in [4.69, 9.17) is 4.74 Å². The predicted octanol–water partition coefficient (Wildman–Crippen LogP) is 4.22. The van der Waals surface area contributed by atoms with Crippen LogP contribution in [0.25, 0.3) is 10.8 Å². The summed E-state index contributed by atoms with van der Waals surface area (Å²) in [7, 11) is -4.31. The first-order valence-electron chi connectivity index (χ1n) is 9.90. The molecule has 1 aliphatic rings. The lowest BCUT2D eigenvalue weighted by Gasteiger charge is -2.17. The van der Waals surface area contributed by atoms with E-state index < -0.39 is 10.1 Å². The maximum absolute atomic E-state index is 11.8. The van der Waals surface area contributed by atoms with Crippen LogP contribution >= 0.6 is 0 Å². The molecular weight excluding hydrogens is 390 g/mol. The van der Waals surface area contributed by atoms with E-state index in [1.54, 1.807) is 19.1 Å². The highest BCUT2D eigenvalue weighted by Gasteiger charge is 2.44. The molecule has 29 heavy (non-hydrogen) atoms. The van der Waals surface area contributed by atoms with E-state index in [1.807, 2.05) is 12.1 Å². The second kappa shape index (κ2) is 7.88. The minimum Gasteiger partial charge on any atom is -0.466 e. The fourth-order valence-corrected chi connectivity index (χ4v) is 4.89. The Morgan fingerprint density at radius 1 is 1.14 bits per heavy atom. The predicted molar refractivity (Wildman–Crippen MR) is 113 cm³/mol. The smallest absolute Gasteiger partial charge is 0.305 e. The van der Waals surface area contributed by atoms with Gasteiger partial charge in [-0.05, 0) is 44.7 Å². The van der Waals surface area contributed by atoms with Crippen LogP contribution in [0.3, 0.4) is 0 Å². The molecule has 0 bridgehead atoms. The Bertz CT molecular complexity index is 1100. The fraction of sp³-hybridized carbons (Fsp3) is 0.455. The average molecular weight is 419 g/mol. The molecule has 1 aliphatic heterocycles. The van der Waals surface area contributed by atoms with Gasteiger partial charge in [-0.15, -0.1) is 0 Å². The van der Waals surface area contributed by atoms with Crippen molar-refractivity contribution in [3.63, 3.8) is 0 Å². The zero-order valence-electron chi connectivity index (χ0n) is 17.4. The third kappa shape index (κ3) is 3.94. The van der Waals surface area contributed by atoms with Crippen molar-refractivity contribution in [1.29, 1.82) is 0 Å². The number of ether oxygens (including phenoxy) is 1. The molecule has 0 saturated carbocycles. The number of carbonyl (C=O) groups is 1. The molecule has 0 saturated heterocycles. The SMILES string of the molecule is CCOC(=O)CCCC[N+]1=C(C)C(C)(C)c2c1ccc1c(S(=O)(=O)O)cccc21. The Balaban J connectivity index is 1.97. The normalized spacial score (nSPS) is 15.6. The van der Waals surface area contributed by atoms with Crippen molar-refractivity contribution in [2.24, 2.45) is 0 Å². The zero-order chi connectivity index (χ0) is 21.4. The minimum atomic E-state index is -4.31. The van der Waals surface area contributed by atoms with Gasteiger partial charge in [-0.25, -0.2) is 0 Å². The first-order chi connectivity index (χ1) is 13.6. The Morgan fingerprint density at radius 2 is 1.86 bits per heavy atom. The third-order valence-electron chi connectivity index (χ3n) is 5.82. The quantitative estimate of drug-likeness (QED) is 0.315. The van der Waals surface area contributed by atoms with Gasteiger partial charge in [0.15, 0.2) is 5.71 Å². The van der Waals surface area contributed by atoms with E-state index in [0.717, 1.165) is 36.0 Å². The summed E-state index contributed by atoms with van der Waals surface area (Å²) in [5, 5.41) is 1.36. The molecule has 0 fully saturated rings. The van der Waals surface area contributed by atoms with Gasteiger partial charge in [0.25, 0.3) is 10.1 Å². The summed E-state index contributed by atoms with van der Waals surface area (Å²) in [6.45, 7) is 9.31. The Kier molecular flexibility index (Phi) is 5.83. The van der Waals surface area contributed by atoms with Crippen LogP contribution in [-0.2, 0) is 25.1 Å². The van der Waals surface area contributed by atoms with Crippen molar-refractivity contribution in [3.8, 4) is 0 Å². The van der Waals surface area contributed by atoms with Gasteiger partial charge in [-0.3, -0.25) is 9.35 Å². The van der Waals surface area contributed by atoms with E-state index >= 15 is 0 Å². The molecule has 0 radical (unpaired) electrons. The van der Waals surface area contributed by atoms with E-state index in [2.05, 4.69) is 25.3 Å². The molecule has 1 N–H and O–H groups in total. The van der Waals surface area contributed by atoms with Gasteiger partial charge in [0.1, 0.15) is 11.4 Å². The van der Waals surface area contributed by atoms with E-state index in [1.165, 1.54) is 11.8 Å². The Hall–Kier alpha value is -2.25. The molecule has 2 aromatic rings. The van der Waals surface area contributed by atoms with Crippen LogP contribution in [0.4, 0.5) is 5.69 Å². The lowest BCUT2D eigenvalue weighted by atomic mass is 9.80. The van der Waals surface area contributed by atoms with Crippen molar-refractivity contribution >= 4 is 38.3 Å². The topological polar surface area (TPSA) is 83.7 Å². The van der Waals surface area contributed by atoms with Crippen LogP contribution in [-0.4, -0.2) is 42.4 Å². The van der Waals surface area contributed by atoms with Crippen molar-refractivity contribution in [1.82, 2.24) is 0 Å². The number of hydrogen-bond donors (Lipinski definition) is 1. The third-order valence-corrected chi connectivity index (χ3v) is 6.73. The summed E-state index contributed by atoms with van der Waals surface area (Å²) in [5.74, 6) is -0.168. The molecule has 0 aromatic heterocycles. The molecule has 2 aromatic carbocycles. The standard InChI is InChI=1S/C22H27NO5S/c1-5-28-20(24)11-6-7-14-23-15(2)22(3,4)21-17-9-8-10-19(29(25,26)27)16(17)12-13-18(21)23/h8-10,12-13H,5-7,11,14H2,1-4H3/p+1. The van der Waals surface area contributed by atoms with Crippen LogP contribution < -0.4 is 0 Å². The van der Waals surface area contributed by atoms with Crippen molar-refractivity contribution < 1.29 is 27.1 Å². The molecule has 0 aliphatic carbocycles. The van der Waals surface area contributed by atoms with Gasteiger partial charge in [-0.2, -0.15) is 13.0 Å². The van der Waals surface area contributed by atoms with Crippen molar-refractivity contribution in [3.05, 3.63) is 35.9 Å². The summed E-state index contributed by atoms with van der Waals surface area (Å²) in [6.07, 6.45) is 2.00. The summed E-state index contributed by atoms with van der Waals surface area (Å²) in [5.41, 5.74) is 2.99. The van der Waals surface area contributed by atoms with Gasteiger partial charge in [0, 0.05) is 36.8 Å². The minimum absolute atomic E-state index is 0.0702. The number of rotatable bonds is 7. The highest BCUT2D eigenvalue weighted by molar-refractivity contribution is 7.86. The summed E-state index contributed by atoms with van der Waals surface area (Å²) in [6, 6.07) is 8.69. The molecule has 3 rings (SSSR count). The maximum Gasteiger partial charge on any atom is 0.305 e. The molecule has 1 heterocycles.